The van der Waals surface area contributed by atoms with Gasteiger partial charge in [-0.05, 0) is 44.9 Å². The largest absolute Gasteiger partial charge is 0.367 e. The summed E-state index contributed by atoms with van der Waals surface area (Å²) >= 11 is 1.26. The molecule has 1 atom stereocenters. The minimum absolute atomic E-state index is 0.0738. The standard InChI is InChI=1S/C29H38F2N4O3S/c1-6-9-24(29(30,31)13-7-2)38-18-20-10-8-11-21(15-20)23-19-39-27(33-23)34-25(36)16-32-26(37)22-12-14-35(17-22)28(3,4)5/h8,10-12,14-15,17,19,24H,6-7,9,13,16,18H2,1-5H3,(H,32,37)(H,33,34,36). The summed E-state index contributed by atoms with van der Waals surface area (Å²) in [5, 5.41) is 7.53. The predicted molar refractivity (Wildman–Crippen MR) is 151 cm³/mol. The van der Waals surface area contributed by atoms with Gasteiger partial charge in [-0.2, -0.15) is 0 Å². The smallest absolute Gasteiger partial charge is 0.273 e. The molecule has 0 saturated carbocycles. The summed E-state index contributed by atoms with van der Waals surface area (Å²) in [6.45, 7) is 9.60. The Morgan fingerprint density at radius 1 is 1.15 bits per heavy atom. The Morgan fingerprint density at radius 2 is 1.92 bits per heavy atom. The normalized spacial score (nSPS) is 12.8. The fourth-order valence-electron chi connectivity index (χ4n) is 4.03. The number of benzene rings is 1. The van der Waals surface area contributed by atoms with Crippen molar-refractivity contribution in [3.8, 4) is 11.3 Å². The lowest BCUT2D eigenvalue weighted by Crippen LogP contribution is -2.35. The number of hydrogen-bond acceptors (Lipinski definition) is 5. The van der Waals surface area contributed by atoms with Crippen LogP contribution in [0.5, 0.6) is 0 Å². The van der Waals surface area contributed by atoms with E-state index < -0.39 is 17.9 Å². The Morgan fingerprint density at radius 3 is 2.59 bits per heavy atom. The number of thiazole rings is 1. The van der Waals surface area contributed by atoms with E-state index in [9.17, 15) is 18.4 Å². The molecule has 1 unspecified atom stereocenters. The van der Waals surface area contributed by atoms with Crippen LogP contribution in [0, 0.1) is 0 Å². The minimum atomic E-state index is -2.86. The highest BCUT2D eigenvalue weighted by molar-refractivity contribution is 7.14. The summed E-state index contributed by atoms with van der Waals surface area (Å²) in [5.74, 6) is -3.58. The second-order valence-corrected chi connectivity index (χ2v) is 11.4. The van der Waals surface area contributed by atoms with Crippen LogP contribution in [0.15, 0.2) is 48.1 Å². The SMILES string of the molecule is CCCC(OCc1cccc(-c2csc(NC(=O)CNC(=O)c3ccn(C(C)(C)C)c3)n2)c1)C(F)(F)CCC. The molecular weight excluding hydrogens is 522 g/mol. The average molecular weight is 561 g/mol. The van der Waals surface area contributed by atoms with Gasteiger partial charge < -0.3 is 19.9 Å². The van der Waals surface area contributed by atoms with Crippen molar-refractivity contribution in [3.05, 3.63) is 59.2 Å². The first-order chi connectivity index (χ1) is 18.4. The highest BCUT2D eigenvalue weighted by Crippen LogP contribution is 2.31. The van der Waals surface area contributed by atoms with Gasteiger partial charge in [-0.15, -0.1) is 11.3 Å². The number of carbonyl (C=O) groups excluding carboxylic acids is 2. The molecule has 3 aromatic rings. The molecule has 1 aromatic carbocycles. The number of aromatic nitrogens is 2. The van der Waals surface area contributed by atoms with Crippen LogP contribution in [0.4, 0.5) is 13.9 Å². The topological polar surface area (TPSA) is 85.3 Å². The van der Waals surface area contributed by atoms with Crippen molar-refractivity contribution in [2.45, 2.75) is 84.5 Å². The Hall–Kier alpha value is -3.11. The zero-order valence-corrected chi connectivity index (χ0v) is 24.0. The van der Waals surface area contributed by atoms with Crippen molar-refractivity contribution in [1.82, 2.24) is 14.9 Å². The number of ether oxygens (including phenoxy) is 1. The molecule has 7 nitrogen and oxygen atoms in total. The van der Waals surface area contributed by atoms with E-state index >= 15 is 0 Å². The molecule has 2 heterocycles. The van der Waals surface area contributed by atoms with E-state index in [2.05, 4.69) is 15.6 Å². The van der Waals surface area contributed by atoms with Gasteiger partial charge >= 0.3 is 0 Å². The van der Waals surface area contributed by atoms with Crippen LogP contribution in [0.1, 0.15) is 76.2 Å². The number of alkyl halides is 2. The second-order valence-electron chi connectivity index (χ2n) is 10.5. The summed E-state index contributed by atoms with van der Waals surface area (Å²) in [7, 11) is 0. The van der Waals surface area contributed by atoms with E-state index in [-0.39, 0.29) is 31.0 Å². The molecule has 3 rings (SSSR count). The van der Waals surface area contributed by atoms with Gasteiger partial charge in [0.15, 0.2) is 5.13 Å². The molecule has 212 valence electrons. The van der Waals surface area contributed by atoms with E-state index in [1.165, 1.54) is 11.3 Å². The number of amides is 2. The Balaban J connectivity index is 1.55. The fraction of sp³-hybridized carbons (Fsp3) is 0.483. The summed E-state index contributed by atoms with van der Waals surface area (Å²) in [4.78, 5) is 29.3. The van der Waals surface area contributed by atoms with Crippen molar-refractivity contribution in [2.75, 3.05) is 11.9 Å². The lowest BCUT2D eigenvalue weighted by molar-refractivity contribution is -0.149. The number of rotatable bonds is 13. The monoisotopic (exact) mass is 560 g/mol. The van der Waals surface area contributed by atoms with Crippen LogP contribution in [-0.4, -0.2) is 39.9 Å². The summed E-state index contributed by atoms with van der Waals surface area (Å²) in [6.07, 6.45) is 3.58. The Bertz CT molecular complexity index is 1250. The highest BCUT2D eigenvalue weighted by Gasteiger charge is 2.38. The number of anilines is 1. The molecule has 0 aliphatic heterocycles. The molecular formula is C29H38F2N4O3S. The molecule has 0 aliphatic carbocycles. The predicted octanol–water partition coefficient (Wildman–Crippen LogP) is 6.86. The van der Waals surface area contributed by atoms with Crippen LogP contribution in [-0.2, 0) is 21.7 Å². The number of halogens is 2. The van der Waals surface area contributed by atoms with E-state index in [1.54, 1.807) is 24.6 Å². The average Bonchev–Trinajstić information content (AvgIpc) is 3.55. The number of hydrogen-bond donors (Lipinski definition) is 2. The zero-order chi connectivity index (χ0) is 28.6. The van der Waals surface area contributed by atoms with Gasteiger partial charge in [0, 0.05) is 35.3 Å². The van der Waals surface area contributed by atoms with Gasteiger partial charge in [-0.25, -0.2) is 13.8 Å². The molecule has 39 heavy (non-hydrogen) atoms. The molecule has 0 bridgehead atoms. The van der Waals surface area contributed by atoms with Crippen molar-refractivity contribution in [2.24, 2.45) is 0 Å². The first kappa shape index (κ1) is 30.4. The summed E-state index contributed by atoms with van der Waals surface area (Å²) in [5.41, 5.74) is 2.53. The van der Waals surface area contributed by atoms with E-state index in [1.807, 2.05) is 62.7 Å². The van der Waals surface area contributed by atoms with Crippen LogP contribution in [0.25, 0.3) is 11.3 Å². The van der Waals surface area contributed by atoms with Crippen molar-refractivity contribution >= 4 is 28.3 Å². The maximum absolute atomic E-state index is 14.5. The molecule has 2 aromatic heterocycles. The lowest BCUT2D eigenvalue weighted by Gasteiger charge is -2.26. The van der Waals surface area contributed by atoms with Crippen molar-refractivity contribution in [3.63, 3.8) is 0 Å². The van der Waals surface area contributed by atoms with Crippen LogP contribution >= 0.6 is 11.3 Å². The van der Waals surface area contributed by atoms with Gasteiger partial charge in [-0.1, -0.05) is 44.9 Å². The number of nitrogens with one attached hydrogen (secondary N) is 2. The maximum atomic E-state index is 14.5. The molecule has 10 heteroatoms. The minimum Gasteiger partial charge on any atom is -0.367 e. The Kier molecular flexibility index (Phi) is 10.4. The van der Waals surface area contributed by atoms with Crippen LogP contribution < -0.4 is 10.6 Å². The highest BCUT2D eigenvalue weighted by atomic mass is 32.1. The quantitative estimate of drug-likeness (QED) is 0.239. The summed E-state index contributed by atoms with van der Waals surface area (Å²) in [6, 6.07) is 9.09. The molecule has 0 saturated heterocycles. The third-order valence-electron chi connectivity index (χ3n) is 6.17. The third-order valence-corrected chi connectivity index (χ3v) is 6.93. The molecule has 0 fully saturated rings. The number of nitrogens with zero attached hydrogens (tertiary/aromatic N) is 2. The zero-order valence-electron chi connectivity index (χ0n) is 23.2. The first-order valence-corrected chi connectivity index (χ1v) is 14.1. The second kappa shape index (κ2) is 13.3. The van der Waals surface area contributed by atoms with Gasteiger partial charge in [-0.3, -0.25) is 9.59 Å². The van der Waals surface area contributed by atoms with Gasteiger partial charge in [0.2, 0.25) is 5.91 Å². The van der Waals surface area contributed by atoms with E-state index in [0.717, 1.165) is 11.1 Å². The molecule has 0 aliphatic rings. The molecule has 2 N–H and O–H groups in total. The maximum Gasteiger partial charge on any atom is 0.273 e. The van der Waals surface area contributed by atoms with Gasteiger partial charge in [0.25, 0.3) is 11.8 Å². The van der Waals surface area contributed by atoms with Crippen molar-refractivity contribution in [1.29, 1.82) is 0 Å². The lowest BCUT2D eigenvalue weighted by atomic mass is 10.0. The first-order valence-electron chi connectivity index (χ1n) is 13.2. The Labute approximate surface area is 233 Å². The van der Waals surface area contributed by atoms with Gasteiger partial charge in [0.05, 0.1) is 24.4 Å². The van der Waals surface area contributed by atoms with Gasteiger partial charge in [0.1, 0.15) is 6.10 Å². The number of carbonyl (C=O) groups is 2. The third kappa shape index (κ3) is 8.69. The van der Waals surface area contributed by atoms with Crippen LogP contribution in [0.2, 0.25) is 0 Å². The molecule has 0 radical (unpaired) electrons. The molecule has 2 amide bonds. The molecule has 0 spiro atoms. The van der Waals surface area contributed by atoms with E-state index in [0.29, 0.717) is 35.7 Å². The summed E-state index contributed by atoms with van der Waals surface area (Å²) < 4.78 is 36.5. The fourth-order valence-corrected chi connectivity index (χ4v) is 4.76. The van der Waals surface area contributed by atoms with Crippen LogP contribution in [0.3, 0.4) is 0 Å². The van der Waals surface area contributed by atoms with E-state index in [4.69, 9.17) is 4.74 Å². The van der Waals surface area contributed by atoms with Crippen molar-refractivity contribution < 1.29 is 23.1 Å².